The molecule has 2 atom stereocenters. The normalized spacial score (nSPS) is 12.0. The average Bonchev–Trinajstić information content (AvgIpc) is 2.98. The monoisotopic (exact) mass is 582 g/mol. The Morgan fingerprint density at radius 2 is 1.10 bits per heavy atom. The quantitative estimate of drug-likeness (QED) is 0.176. The molecule has 0 saturated heterocycles. The molecular weight excluding hydrogens is 556 g/mol. The Morgan fingerprint density at radius 3 is 1.45 bits per heavy atom. The molecule has 0 amide bonds. The van der Waals surface area contributed by atoms with Crippen molar-refractivity contribution in [1.82, 2.24) is 0 Å². The predicted octanol–water partition coefficient (Wildman–Crippen LogP) is 4.00. The van der Waals surface area contributed by atoms with Gasteiger partial charge in [-0.05, 0) is 50.2 Å². The smallest absolute Gasteiger partial charge is 0.352 e. The van der Waals surface area contributed by atoms with Gasteiger partial charge in [0.05, 0.1) is 24.3 Å². The molecule has 0 aliphatic carbocycles. The van der Waals surface area contributed by atoms with Gasteiger partial charge in [0.2, 0.25) is 12.2 Å². The number of hydrogen-bond donors (Lipinski definition) is 2. The minimum atomic E-state index is -2.07. The van der Waals surface area contributed by atoms with E-state index in [1.54, 1.807) is 12.1 Å². The van der Waals surface area contributed by atoms with Gasteiger partial charge in [0.1, 0.15) is 5.69 Å². The number of carbonyl (C=O) groups excluding carboxylic acids is 4. The molecule has 3 aromatic carbocycles. The van der Waals surface area contributed by atoms with Crippen LogP contribution in [0.5, 0.6) is 0 Å². The lowest BCUT2D eigenvalue weighted by atomic mass is 9.98. The molecule has 0 radical (unpaired) electrons. The van der Waals surface area contributed by atoms with Crippen molar-refractivity contribution in [3.05, 3.63) is 105 Å². The van der Waals surface area contributed by atoms with Crippen molar-refractivity contribution in [3.8, 4) is 0 Å². The molecule has 222 valence electrons. The zero-order valence-electron chi connectivity index (χ0n) is 22.4. The van der Waals surface area contributed by atoms with E-state index in [-0.39, 0.29) is 24.3 Å². The maximum atomic E-state index is 13.0. The lowest BCUT2D eigenvalue weighted by Crippen LogP contribution is -2.28. The topological polar surface area (TPSA) is 198 Å². The molecule has 0 aromatic heterocycles. The number of nitrogens with zero attached hydrogens (tertiary/aromatic N) is 2. The van der Waals surface area contributed by atoms with Crippen LogP contribution in [0, 0.1) is 10.4 Å². The summed E-state index contributed by atoms with van der Waals surface area (Å²) in [7, 11) is 0. The number of rotatable bonds is 12. The van der Waals surface area contributed by atoms with Crippen LogP contribution in [0.3, 0.4) is 0 Å². The maximum absolute atomic E-state index is 13.0. The number of anilines is 2. The lowest BCUT2D eigenvalue weighted by Gasteiger charge is -2.40. The predicted molar refractivity (Wildman–Crippen MR) is 144 cm³/mol. The average molecular weight is 583 g/mol. The Labute approximate surface area is 239 Å². The molecule has 3 rings (SSSR count). The van der Waals surface area contributed by atoms with E-state index >= 15 is 0 Å². The van der Waals surface area contributed by atoms with Crippen LogP contribution in [0.2, 0.25) is 0 Å². The Bertz CT molecular complexity index is 1290. The minimum Gasteiger partial charge on any atom is -0.769 e. The van der Waals surface area contributed by atoms with E-state index in [1.807, 2.05) is 0 Å². The SMILES string of the molecule is CCOC(=O)[C@@H](OC(=O)c1ccccc1)c1cc([C@@H](OC(=O)c2ccccc2)C(=O)OCC)c(N(O)O)cc1N([O-])[O-]. The summed E-state index contributed by atoms with van der Waals surface area (Å²) >= 11 is 0. The van der Waals surface area contributed by atoms with E-state index in [1.165, 1.54) is 62.4 Å². The third kappa shape index (κ3) is 7.58. The van der Waals surface area contributed by atoms with Gasteiger partial charge in [-0.25, -0.2) is 19.2 Å². The molecule has 0 fully saturated rings. The highest BCUT2D eigenvalue weighted by atomic mass is 16.8. The van der Waals surface area contributed by atoms with Crippen molar-refractivity contribution < 1.29 is 48.5 Å². The lowest BCUT2D eigenvalue weighted by molar-refractivity contribution is -0.154. The molecule has 0 unspecified atom stereocenters. The van der Waals surface area contributed by atoms with Crippen molar-refractivity contribution in [2.24, 2.45) is 0 Å². The molecule has 0 aliphatic heterocycles. The first kappa shape index (κ1) is 31.5. The number of benzene rings is 3. The maximum Gasteiger partial charge on any atom is 0.352 e. The number of carbonyl (C=O) groups is 4. The van der Waals surface area contributed by atoms with Gasteiger partial charge in [-0.3, -0.25) is 10.4 Å². The molecule has 0 saturated carbocycles. The van der Waals surface area contributed by atoms with Gasteiger partial charge in [-0.15, -0.1) is 5.23 Å². The van der Waals surface area contributed by atoms with Crippen LogP contribution < -0.4 is 10.5 Å². The van der Waals surface area contributed by atoms with Gasteiger partial charge in [-0.1, -0.05) is 36.4 Å². The third-order valence-corrected chi connectivity index (χ3v) is 5.62. The molecular formula is C28H26N2O12-2. The van der Waals surface area contributed by atoms with Gasteiger partial charge in [0, 0.05) is 16.8 Å². The molecule has 14 nitrogen and oxygen atoms in total. The summed E-state index contributed by atoms with van der Waals surface area (Å²) < 4.78 is 20.7. The molecule has 3 aromatic rings. The highest BCUT2D eigenvalue weighted by Gasteiger charge is 2.36. The molecule has 0 bridgehead atoms. The Morgan fingerprint density at radius 1 is 0.690 bits per heavy atom. The van der Waals surface area contributed by atoms with Crippen molar-refractivity contribution in [2.45, 2.75) is 26.1 Å². The summed E-state index contributed by atoms with van der Waals surface area (Å²) in [4.78, 5) is 51.7. The van der Waals surface area contributed by atoms with E-state index in [4.69, 9.17) is 18.9 Å². The molecule has 42 heavy (non-hydrogen) atoms. The summed E-state index contributed by atoms with van der Waals surface area (Å²) in [5.74, 6) is -4.46. The summed E-state index contributed by atoms with van der Waals surface area (Å²) in [5, 5.41) is 42.5. The van der Waals surface area contributed by atoms with Gasteiger partial charge >= 0.3 is 23.9 Å². The first-order chi connectivity index (χ1) is 20.1. The van der Waals surface area contributed by atoms with Crippen molar-refractivity contribution >= 4 is 35.3 Å². The summed E-state index contributed by atoms with van der Waals surface area (Å²) in [6.45, 7) is 2.53. The van der Waals surface area contributed by atoms with E-state index in [0.29, 0.717) is 6.07 Å². The van der Waals surface area contributed by atoms with Crippen molar-refractivity contribution in [1.29, 1.82) is 0 Å². The van der Waals surface area contributed by atoms with Gasteiger partial charge < -0.3 is 34.6 Å². The van der Waals surface area contributed by atoms with Crippen LogP contribution in [0.25, 0.3) is 0 Å². The summed E-state index contributed by atoms with van der Waals surface area (Å²) in [6, 6.07) is 16.3. The second-order valence-electron chi connectivity index (χ2n) is 8.32. The molecule has 14 heteroatoms. The fraction of sp³-hybridized carbons (Fsp3) is 0.214. The molecule has 0 aliphatic rings. The van der Waals surface area contributed by atoms with Gasteiger partial charge in [-0.2, -0.15) is 0 Å². The van der Waals surface area contributed by atoms with Crippen molar-refractivity contribution in [2.75, 3.05) is 23.7 Å². The van der Waals surface area contributed by atoms with Crippen LogP contribution in [0.1, 0.15) is 57.9 Å². The van der Waals surface area contributed by atoms with E-state index in [9.17, 15) is 40.0 Å². The highest BCUT2D eigenvalue weighted by molar-refractivity contribution is 5.94. The van der Waals surface area contributed by atoms with E-state index in [0.717, 1.165) is 6.07 Å². The summed E-state index contributed by atoms with van der Waals surface area (Å²) in [6.07, 6.45) is -4.09. The number of hydrogen-bond acceptors (Lipinski definition) is 14. The third-order valence-electron chi connectivity index (χ3n) is 5.62. The highest BCUT2D eigenvalue weighted by Crippen LogP contribution is 2.39. The molecule has 2 N–H and O–H groups in total. The Balaban J connectivity index is 2.23. The first-order valence-electron chi connectivity index (χ1n) is 12.4. The number of esters is 4. The summed E-state index contributed by atoms with van der Waals surface area (Å²) in [5.41, 5.74) is -2.84. The Kier molecular flexibility index (Phi) is 10.9. The Hall–Kier alpha value is -5.02. The second-order valence-corrected chi connectivity index (χ2v) is 8.32. The second kappa shape index (κ2) is 14.6. The number of ether oxygens (including phenoxy) is 4. The fourth-order valence-electron chi connectivity index (χ4n) is 3.77. The van der Waals surface area contributed by atoms with Gasteiger partial charge in [0.15, 0.2) is 0 Å². The first-order valence-corrected chi connectivity index (χ1v) is 12.4. The van der Waals surface area contributed by atoms with Gasteiger partial charge in [0.25, 0.3) is 0 Å². The van der Waals surface area contributed by atoms with Crippen LogP contribution in [-0.4, -0.2) is 47.5 Å². The van der Waals surface area contributed by atoms with Crippen LogP contribution in [0.15, 0.2) is 72.8 Å². The van der Waals surface area contributed by atoms with E-state index < -0.39 is 69.0 Å². The van der Waals surface area contributed by atoms with Crippen LogP contribution >= 0.6 is 0 Å². The van der Waals surface area contributed by atoms with Crippen LogP contribution in [-0.2, 0) is 28.5 Å². The largest absolute Gasteiger partial charge is 0.769 e. The van der Waals surface area contributed by atoms with Crippen molar-refractivity contribution in [3.63, 3.8) is 0 Å². The van der Waals surface area contributed by atoms with Crippen LogP contribution in [0.4, 0.5) is 11.4 Å². The van der Waals surface area contributed by atoms with E-state index in [2.05, 4.69) is 0 Å². The fourth-order valence-corrected chi connectivity index (χ4v) is 3.77. The zero-order chi connectivity index (χ0) is 30.8. The standard InChI is InChI=1S/C28H26N2O12/c1-3-39-27(33)23(41-25(31)17-11-7-5-8-12-17)19-15-20(22(30(37)38)16-21(19)29(35)36)24(28(34)40-4-2)42-26(32)18-13-9-6-10-14-18/h5-16,23-24,35-36H,3-4H2,1-2H3/q-2/t23-,24+/m1/s1. The molecule has 0 spiro atoms. The zero-order valence-corrected chi connectivity index (χ0v) is 22.4. The molecule has 0 heterocycles. The minimum absolute atomic E-state index is 0.00405.